The second kappa shape index (κ2) is 5.58. The number of nitrogens with zero attached hydrogens (tertiary/aromatic N) is 2. The highest BCUT2D eigenvalue weighted by atomic mass is 16.5. The van der Waals surface area contributed by atoms with Crippen LogP contribution < -0.4 is 0 Å². The van der Waals surface area contributed by atoms with Crippen LogP contribution in [0.1, 0.15) is 0 Å². The highest BCUT2D eigenvalue weighted by Crippen LogP contribution is 1.82. The van der Waals surface area contributed by atoms with Gasteiger partial charge in [-0.2, -0.15) is 0 Å². The molecule has 0 atom stereocenters. The highest BCUT2D eigenvalue weighted by molar-refractivity contribution is 5.74. The fraction of sp³-hybridized carbons (Fsp3) is 0.667. The summed E-state index contributed by atoms with van der Waals surface area (Å²) in [6.07, 6.45) is 0.205. The third-order valence-corrected chi connectivity index (χ3v) is 0.901. The summed E-state index contributed by atoms with van der Waals surface area (Å²) in [7, 11) is 3.69. The Hall–Kier alpha value is -1.19. The maximum Gasteiger partial charge on any atom is 0.444 e. The van der Waals surface area contributed by atoms with Crippen molar-refractivity contribution < 1.29 is 14.3 Å². The lowest BCUT2D eigenvalue weighted by Crippen LogP contribution is -2.19. The molecule has 0 saturated carbocycles. The van der Waals surface area contributed by atoms with Gasteiger partial charge < -0.3 is 9.64 Å². The molecule has 5 heteroatoms. The van der Waals surface area contributed by atoms with Gasteiger partial charge in [-0.15, -0.1) is 0 Å². The third-order valence-electron chi connectivity index (χ3n) is 0.901. The third kappa shape index (κ3) is 6.70. The number of likely N-dealkylation sites (N-methyl/N-ethyl adjacent to an activating group) is 1. The van der Waals surface area contributed by atoms with E-state index in [9.17, 15) is 9.59 Å². The van der Waals surface area contributed by atoms with E-state index in [1.807, 2.05) is 19.0 Å². The van der Waals surface area contributed by atoms with Gasteiger partial charge in [-0.05, 0) is 14.1 Å². The molecule has 0 spiro atoms. The molecule has 0 heterocycles. The molecule has 1 amide bonds. The number of hydrogen-bond donors (Lipinski definition) is 0. The fourth-order valence-corrected chi connectivity index (χ4v) is 0.385. The smallest absolute Gasteiger partial charge is 0.444 e. The molecule has 0 bridgehead atoms. The summed E-state index contributed by atoms with van der Waals surface area (Å²) < 4.78 is 4.48. The maximum atomic E-state index is 10.4. The molecular weight excluding hydrogens is 148 g/mol. The Balaban J connectivity index is 3.39. The van der Waals surface area contributed by atoms with E-state index in [1.54, 1.807) is 0 Å². The first-order valence-corrected chi connectivity index (χ1v) is 3.06. The van der Waals surface area contributed by atoms with Crippen molar-refractivity contribution in [2.24, 2.45) is 4.99 Å². The lowest BCUT2D eigenvalue weighted by atomic mass is 10.6. The van der Waals surface area contributed by atoms with E-state index >= 15 is 0 Å². The number of isocyanates is 1. The van der Waals surface area contributed by atoms with Gasteiger partial charge >= 0.3 is 6.09 Å². The number of carbonyl (C=O) groups is 1. The molecule has 62 valence electrons. The minimum atomic E-state index is -0.887. The van der Waals surface area contributed by atoms with Gasteiger partial charge in [0.2, 0.25) is 6.08 Å². The summed E-state index contributed by atoms with van der Waals surface area (Å²) in [6.45, 7) is 0.844. The van der Waals surface area contributed by atoms with Crippen LogP contribution in [0.25, 0.3) is 0 Å². The van der Waals surface area contributed by atoms with Crippen molar-refractivity contribution in [3.63, 3.8) is 0 Å². The standard InChI is InChI=1S/C6H10N2O3/c1-8(2)3-4-11-6(10)7-5-9/h3-4H2,1-2H3. The lowest BCUT2D eigenvalue weighted by molar-refractivity contribution is 0.147. The first-order chi connectivity index (χ1) is 5.16. The fourth-order valence-electron chi connectivity index (χ4n) is 0.385. The molecule has 0 aliphatic rings. The Kier molecular flexibility index (Phi) is 4.98. The normalized spacial score (nSPS) is 9.00. The summed E-state index contributed by atoms with van der Waals surface area (Å²) in [4.78, 5) is 24.4. The van der Waals surface area contributed by atoms with Crippen LogP contribution in [0.5, 0.6) is 0 Å². The predicted octanol–water partition coefficient (Wildman–Crippen LogP) is 0.0204. The number of aliphatic imine (C=N–C) groups is 1. The molecule has 0 unspecified atom stereocenters. The zero-order chi connectivity index (χ0) is 8.69. The SMILES string of the molecule is CN(C)CCOC(=O)N=C=O. The molecule has 0 aliphatic carbocycles. The molecule has 0 N–H and O–H groups in total. The maximum absolute atomic E-state index is 10.4. The highest BCUT2D eigenvalue weighted by Gasteiger charge is 1.97. The summed E-state index contributed by atoms with van der Waals surface area (Å²) in [5.74, 6) is 0. The second-order valence-corrected chi connectivity index (χ2v) is 2.12. The van der Waals surface area contributed by atoms with Gasteiger partial charge in [-0.1, -0.05) is 4.99 Å². The topological polar surface area (TPSA) is 59.0 Å². The van der Waals surface area contributed by atoms with Crippen molar-refractivity contribution in [3.8, 4) is 0 Å². The number of carbonyl (C=O) groups excluding carboxylic acids is 2. The monoisotopic (exact) mass is 158 g/mol. The van der Waals surface area contributed by atoms with Gasteiger partial charge in [0.15, 0.2) is 0 Å². The molecule has 11 heavy (non-hydrogen) atoms. The minimum Gasteiger partial charge on any atom is -0.446 e. The first kappa shape index (κ1) is 9.81. The number of hydrogen-bond acceptors (Lipinski definition) is 4. The van der Waals surface area contributed by atoms with Crippen LogP contribution in [0.3, 0.4) is 0 Å². The van der Waals surface area contributed by atoms with Gasteiger partial charge in [0, 0.05) is 6.54 Å². The summed E-state index contributed by atoms with van der Waals surface area (Å²) >= 11 is 0. The van der Waals surface area contributed by atoms with Crippen molar-refractivity contribution in [2.45, 2.75) is 0 Å². The van der Waals surface area contributed by atoms with Crippen molar-refractivity contribution in [3.05, 3.63) is 0 Å². The van der Waals surface area contributed by atoms with Crippen LogP contribution in [0.4, 0.5) is 4.79 Å². The quantitative estimate of drug-likeness (QED) is 0.429. The molecule has 0 rings (SSSR count). The Morgan fingerprint density at radius 2 is 2.27 bits per heavy atom. The molecule has 0 aliphatic heterocycles. The predicted molar refractivity (Wildman–Crippen MR) is 38.0 cm³/mol. The largest absolute Gasteiger partial charge is 0.446 e. The lowest BCUT2D eigenvalue weighted by Gasteiger charge is -2.07. The molecule has 0 radical (unpaired) electrons. The molecule has 0 aromatic heterocycles. The van der Waals surface area contributed by atoms with E-state index in [-0.39, 0.29) is 6.61 Å². The van der Waals surface area contributed by atoms with Crippen molar-refractivity contribution in [1.29, 1.82) is 0 Å². The van der Waals surface area contributed by atoms with Crippen molar-refractivity contribution in [2.75, 3.05) is 27.2 Å². The summed E-state index contributed by atoms with van der Waals surface area (Å²) in [5.41, 5.74) is 0. The van der Waals surface area contributed by atoms with E-state index in [1.165, 1.54) is 0 Å². The Morgan fingerprint density at radius 1 is 1.64 bits per heavy atom. The summed E-state index contributed by atoms with van der Waals surface area (Å²) in [6, 6.07) is 0. The van der Waals surface area contributed by atoms with Gasteiger partial charge in [-0.25, -0.2) is 9.59 Å². The zero-order valence-electron chi connectivity index (χ0n) is 6.53. The second-order valence-electron chi connectivity index (χ2n) is 2.12. The molecule has 5 nitrogen and oxygen atoms in total. The van der Waals surface area contributed by atoms with E-state index in [0.717, 1.165) is 6.08 Å². The van der Waals surface area contributed by atoms with Crippen LogP contribution in [0.2, 0.25) is 0 Å². The van der Waals surface area contributed by atoms with Crippen LogP contribution in [-0.2, 0) is 9.53 Å². The van der Waals surface area contributed by atoms with Gasteiger partial charge in [-0.3, -0.25) is 0 Å². The average molecular weight is 158 g/mol. The molecule has 0 aromatic carbocycles. The number of ether oxygens (including phenoxy) is 1. The van der Waals surface area contributed by atoms with Crippen LogP contribution in [0, 0.1) is 0 Å². The zero-order valence-corrected chi connectivity index (χ0v) is 6.53. The van der Waals surface area contributed by atoms with E-state index < -0.39 is 6.09 Å². The van der Waals surface area contributed by atoms with E-state index in [0.29, 0.717) is 6.54 Å². The Labute approximate surface area is 64.7 Å². The Bertz CT molecular complexity index is 173. The van der Waals surface area contributed by atoms with E-state index in [2.05, 4.69) is 9.73 Å². The Morgan fingerprint density at radius 3 is 2.73 bits per heavy atom. The van der Waals surface area contributed by atoms with Gasteiger partial charge in [0.1, 0.15) is 6.61 Å². The summed E-state index contributed by atoms with van der Waals surface area (Å²) in [5, 5.41) is 0. The number of amides is 1. The molecular formula is C6H10N2O3. The van der Waals surface area contributed by atoms with Gasteiger partial charge in [0.05, 0.1) is 0 Å². The minimum absolute atomic E-state index is 0.233. The van der Waals surface area contributed by atoms with Gasteiger partial charge in [0.25, 0.3) is 0 Å². The first-order valence-electron chi connectivity index (χ1n) is 3.06. The van der Waals surface area contributed by atoms with Crippen molar-refractivity contribution in [1.82, 2.24) is 4.90 Å². The van der Waals surface area contributed by atoms with Crippen LogP contribution in [-0.4, -0.2) is 44.3 Å². The van der Waals surface area contributed by atoms with Crippen LogP contribution in [0.15, 0.2) is 4.99 Å². The van der Waals surface area contributed by atoms with Crippen molar-refractivity contribution >= 4 is 12.2 Å². The van der Waals surface area contributed by atoms with Crippen LogP contribution >= 0.6 is 0 Å². The van der Waals surface area contributed by atoms with E-state index in [4.69, 9.17) is 0 Å². The molecule has 0 aromatic rings. The molecule has 0 fully saturated rings. The average Bonchev–Trinajstić information content (AvgIpc) is 1.87. The molecule has 0 saturated heterocycles. The number of rotatable bonds is 3.